The van der Waals surface area contributed by atoms with Gasteiger partial charge >= 0.3 is 0 Å². The molecule has 0 bridgehead atoms. The number of hydrogen-bond acceptors (Lipinski definition) is 5. The van der Waals surface area contributed by atoms with E-state index in [1.165, 1.54) is 19.3 Å². The quantitative estimate of drug-likeness (QED) is 0.877. The number of aromatic nitrogens is 4. The highest BCUT2D eigenvalue weighted by molar-refractivity contribution is 5.80. The fourth-order valence-corrected chi connectivity index (χ4v) is 2.55. The Kier molecular flexibility index (Phi) is 3.99. The zero-order valence-electron chi connectivity index (χ0n) is 11.9. The van der Waals surface area contributed by atoms with Crippen LogP contribution < -0.4 is 10.1 Å². The maximum atomic E-state index is 6.10. The van der Waals surface area contributed by atoms with Crippen molar-refractivity contribution in [1.29, 1.82) is 0 Å². The Hall–Kier alpha value is -1.85. The zero-order valence-corrected chi connectivity index (χ0v) is 11.9. The van der Waals surface area contributed by atoms with Gasteiger partial charge in [0.05, 0.1) is 6.20 Å². The summed E-state index contributed by atoms with van der Waals surface area (Å²) in [6, 6.07) is 0. The number of nitrogens with one attached hydrogen (secondary N) is 2. The normalized spacial score (nSPS) is 16.4. The first kappa shape index (κ1) is 13.1. The molecular formula is C14H21N5O. The van der Waals surface area contributed by atoms with Crippen LogP contribution in [0.4, 0.5) is 5.95 Å². The van der Waals surface area contributed by atoms with Crippen molar-refractivity contribution in [2.24, 2.45) is 0 Å². The lowest BCUT2D eigenvalue weighted by Crippen LogP contribution is -2.20. The molecule has 2 N–H and O–H groups in total. The van der Waals surface area contributed by atoms with Crippen LogP contribution in [-0.2, 0) is 0 Å². The molecule has 108 valence electrons. The minimum absolute atomic E-state index is 0.274. The van der Waals surface area contributed by atoms with Crippen molar-refractivity contribution in [3.8, 4) is 5.88 Å². The lowest BCUT2D eigenvalue weighted by atomic mass is 9.98. The molecule has 1 aliphatic rings. The minimum Gasteiger partial charge on any atom is -0.474 e. The van der Waals surface area contributed by atoms with E-state index in [1.54, 1.807) is 6.20 Å². The topological polar surface area (TPSA) is 75.7 Å². The SMILES string of the molecule is CCCNc1nc(OC2CCCCC2)c2cn[nH]c2n1. The standard InChI is InChI=1S/C14H21N5O/c1-2-8-15-14-17-12-11(9-16-19-12)13(18-14)20-10-6-4-3-5-7-10/h9-10H,2-8H2,1H3,(H2,15,16,17,18,19). The van der Waals surface area contributed by atoms with Crippen LogP contribution in [0.2, 0.25) is 0 Å². The van der Waals surface area contributed by atoms with Gasteiger partial charge in [0.25, 0.3) is 0 Å². The molecule has 3 rings (SSSR count). The second kappa shape index (κ2) is 6.07. The van der Waals surface area contributed by atoms with E-state index in [4.69, 9.17) is 4.74 Å². The van der Waals surface area contributed by atoms with Gasteiger partial charge in [0.15, 0.2) is 5.65 Å². The van der Waals surface area contributed by atoms with E-state index in [1.807, 2.05) is 0 Å². The van der Waals surface area contributed by atoms with Crippen LogP contribution in [0.5, 0.6) is 5.88 Å². The molecule has 0 radical (unpaired) electrons. The fraction of sp³-hybridized carbons (Fsp3) is 0.643. The van der Waals surface area contributed by atoms with Gasteiger partial charge in [0.1, 0.15) is 11.5 Å². The monoisotopic (exact) mass is 275 g/mol. The van der Waals surface area contributed by atoms with Crippen LogP contribution in [0.25, 0.3) is 11.0 Å². The van der Waals surface area contributed by atoms with Gasteiger partial charge in [-0.2, -0.15) is 15.1 Å². The number of aromatic amines is 1. The zero-order chi connectivity index (χ0) is 13.8. The number of fused-ring (bicyclic) bond motifs is 1. The second-order valence-electron chi connectivity index (χ2n) is 5.29. The number of H-pyrrole nitrogens is 1. The van der Waals surface area contributed by atoms with Gasteiger partial charge in [-0.05, 0) is 32.1 Å². The predicted octanol–water partition coefficient (Wildman–Crippen LogP) is 2.89. The van der Waals surface area contributed by atoms with Crippen molar-refractivity contribution in [3.63, 3.8) is 0 Å². The van der Waals surface area contributed by atoms with Crippen molar-refractivity contribution in [1.82, 2.24) is 20.2 Å². The average molecular weight is 275 g/mol. The summed E-state index contributed by atoms with van der Waals surface area (Å²) in [5, 5.41) is 11.0. The van der Waals surface area contributed by atoms with Crippen molar-refractivity contribution in [2.45, 2.75) is 51.6 Å². The Bertz CT molecular complexity index is 562. The van der Waals surface area contributed by atoms with Gasteiger partial charge in [0, 0.05) is 6.54 Å². The summed E-state index contributed by atoms with van der Waals surface area (Å²) < 4.78 is 6.10. The Morgan fingerprint density at radius 2 is 2.15 bits per heavy atom. The summed E-state index contributed by atoms with van der Waals surface area (Å²) in [7, 11) is 0. The van der Waals surface area contributed by atoms with E-state index in [-0.39, 0.29) is 6.10 Å². The molecule has 0 amide bonds. The van der Waals surface area contributed by atoms with Crippen LogP contribution >= 0.6 is 0 Å². The van der Waals surface area contributed by atoms with Gasteiger partial charge in [0.2, 0.25) is 11.8 Å². The number of anilines is 1. The third-order valence-corrected chi connectivity index (χ3v) is 3.64. The molecule has 0 aliphatic heterocycles. The molecule has 2 aromatic heterocycles. The number of ether oxygens (including phenoxy) is 1. The Morgan fingerprint density at radius 1 is 1.30 bits per heavy atom. The second-order valence-corrected chi connectivity index (χ2v) is 5.29. The highest BCUT2D eigenvalue weighted by Crippen LogP contribution is 2.27. The first-order valence-electron chi connectivity index (χ1n) is 7.48. The molecule has 20 heavy (non-hydrogen) atoms. The van der Waals surface area contributed by atoms with Crippen molar-refractivity contribution in [3.05, 3.63) is 6.20 Å². The van der Waals surface area contributed by atoms with Gasteiger partial charge < -0.3 is 10.1 Å². The molecule has 6 heteroatoms. The summed E-state index contributed by atoms with van der Waals surface area (Å²) in [5.74, 6) is 1.25. The summed E-state index contributed by atoms with van der Waals surface area (Å²) in [4.78, 5) is 8.91. The molecular weight excluding hydrogens is 254 g/mol. The van der Waals surface area contributed by atoms with Crippen molar-refractivity contribution >= 4 is 17.0 Å². The van der Waals surface area contributed by atoms with E-state index in [0.717, 1.165) is 36.8 Å². The number of rotatable bonds is 5. The summed E-state index contributed by atoms with van der Waals surface area (Å²) in [5.41, 5.74) is 0.726. The maximum absolute atomic E-state index is 6.10. The molecule has 0 aromatic carbocycles. The third-order valence-electron chi connectivity index (χ3n) is 3.64. The van der Waals surface area contributed by atoms with E-state index in [2.05, 4.69) is 32.4 Å². The van der Waals surface area contributed by atoms with Gasteiger partial charge in [-0.25, -0.2) is 0 Å². The van der Waals surface area contributed by atoms with Crippen LogP contribution in [-0.4, -0.2) is 32.8 Å². The first-order valence-corrected chi connectivity index (χ1v) is 7.48. The first-order chi connectivity index (χ1) is 9.86. The van der Waals surface area contributed by atoms with E-state index in [0.29, 0.717) is 11.8 Å². The summed E-state index contributed by atoms with van der Waals surface area (Å²) in [6.45, 7) is 2.96. The van der Waals surface area contributed by atoms with E-state index < -0.39 is 0 Å². The summed E-state index contributed by atoms with van der Waals surface area (Å²) in [6.07, 6.45) is 9.06. The Balaban J connectivity index is 1.84. The van der Waals surface area contributed by atoms with Gasteiger partial charge in [-0.1, -0.05) is 13.3 Å². The van der Waals surface area contributed by atoms with Crippen LogP contribution in [0, 0.1) is 0 Å². The van der Waals surface area contributed by atoms with Gasteiger partial charge in [-0.15, -0.1) is 0 Å². The molecule has 0 saturated heterocycles. The van der Waals surface area contributed by atoms with E-state index >= 15 is 0 Å². The molecule has 1 fully saturated rings. The smallest absolute Gasteiger partial charge is 0.229 e. The largest absolute Gasteiger partial charge is 0.474 e. The maximum Gasteiger partial charge on any atom is 0.229 e. The molecule has 2 aromatic rings. The Morgan fingerprint density at radius 3 is 2.95 bits per heavy atom. The highest BCUT2D eigenvalue weighted by Gasteiger charge is 2.18. The van der Waals surface area contributed by atoms with Crippen LogP contribution in [0.3, 0.4) is 0 Å². The predicted molar refractivity (Wildman–Crippen MR) is 78.0 cm³/mol. The van der Waals surface area contributed by atoms with Gasteiger partial charge in [-0.3, -0.25) is 5.10 Å². The highest BCUT2D eigenvalue weighted by atomic mass is 16.5. The van der Waals surface area contributed by atoms with Crippen LogP contribution in [0.1, 0.15) is 45.4 Å². The fourth-order valence-electron chi connectivity index (χ4n) is 2.55. The number of nitrogens with zero attached hydrogens (tertiary/aromatic N) is 3. The average Bonchev–Trinajstić information content (AvgIpc) is 2.95. The molecule has 0 spiro atoms. The number of hydrogen-bond donors (Lipinski definition) is 2. The lowest BCUT2D eigenvalue weighted by molar-refractivity contribution is 0.151. The van der Waals surface area contributed by atoms with Crippen molar-refractivity contribution in [2.75, 3.05) is 11.9 Å². The summed E-state index contributed by atoms with van der Waals surface area (Å²) >= 11 is 0. The molecule has 0 unspecified atom stereocenters. The lowest BCUT2D eigenvalue weighted by Gasteiger charge is -2.22. The Labute approximate surface area is 118 Å². The molecule has 1 saturated carbocycles. The minimum atomic E-state index is 0.274. The molecule has 0 atom stereocenters. The third kappa shape index (κ3) is 2.84. The van der Waals surface area contributed by atoms with E-state index in [9.17, 15) is 0 Å². The molecule has 2 heterocycles. The molecule has 1 aliphatic carbocycles. The van der Waals surface area contributed by atoms with Crippen molar-refractivity contribution < 1.29 is 4.74 Å². The molecule has 6 nitrogen and oxygen atoms in total. The van der Waals surface area contributed by atoms with Crippen LogP contribution in [0.15, 0.2) is 6.20 Å².